The Labute approximate surface area is 218 Å². The topological polar surface area (TPSA) is 196 Å². The molecule has 0 fully saturated rings. The Bertz CT molecular complexity index is 816. The van der Waals surface area contributed by atoms with Gasteiger partial charge in [0.05, 0.1) is 40.1 Å². The highest BCUT2D eigenvalue weighted by molar-refractivity contribution is 14.1. The number of amides is 1. The maximum absolute atomic E-state index is 12.8. The minimum absolute atomic E-state index is 0.00583. The van der Waals surface area contributed by atoms with Crippen LogP contribution in [0.15, 0.2) is 18.4 Å². The van der Waals surface area contributed by atoms with Crippen molar-refractivity contribution in [1.82, 2.24) is 4.90 Å². The van der Waals surface area contributed by atoms with E-state index >= 15 is 0 Å². The third-order valence-corrected chi connectivity index (χ3v) is 9.37. The summed E-state index contributed by atoms with van der Waals surface area (Å²) < 4.78 is -1.95. The lowest BCUT2D eigenvalue weighted by molar-refractivity contribution is -0.150. The predicted molar refractivity (Wildman–Crippen MR) is 132 cm³/mol. The minimum Gasteiger partial charge on any atom is -0.481 e. The number of rotatable bonds is 10. The van der Waals surface area contributed by atoms with Gasteiger partial charge in [0, 0.05) is 14.2 Å². The summed E-state index contributed by atoms with van der Waals surface area (Å²) in [6.45, 7) is -2.52. The van der Waals surface area contributed by atoms with Gasteiger partial charge >= 0.3 is 11.9 Å². The molecule has 31 heavy (non-hydrogen) atoms. The van der Waals surface area contributed by atoms with Crippen LogP contribution in [-0.4, -0.2) is 101 Å². The third-order valence-electron chi connectivity index (χ3n) is 4.99. The number of carbonyl (C=O) groups excluding carboxylic acids is 1. The van der Waals surface area contributed by atoms with Crippen LogP contribution in [0.4, 0.5) is 0 Å². The van der Waals surface area contributed by atoms with E-state index in [-0.39, 0.29) is 12.9 Å². The van der Waals surface area contributed by atoms with Crippen LogP contribution >= 0.6 is 67.8 Å². The van der Waals surface area contributed by atoms with Crippen LogP contribution in [-0.2, 0) is 14.4 Å². The monoisotopic (exact) mass is 781 g/mol. The molecule has 4 atom stereocenters. The molecule has 0 spiro atoms. The van der Waals surface area contributed by atoms with E-state index < -0.39 is 77.1 Å². The van der Waals surface area contributed by atoms with Crippen molar-refractivity contribution < 1.29 is 50.1 Å². The van der Waals surface area contributed by atoms with Crippen molar-refractivity contribution in [3.63, 3.8) is 0 Å². The van der Waals surface area contributed by atoms with E-state index in [1.807, 2.05) is 0 Å². The van der Waals surface area contributed by atoms with Crippen LogP contribution in [0, 0.1) is 5.41 Å². The van der Waals surface area contributed by atoms with E-state index in [4.69, 9.17) is 0 Å². The molecule has 176 valence electrons. The number of halogens is 3. The number of likely N-dealkylation sites (N-methyl/N-ethyl adjacent to an activating group) is 1. The van der Waals surface area contributed by atoms with E-state index in [9.17, 15) is 50.1 Å². The summed E-state index contributed by atoms with van der Waals surface area (Å²) in [6, 6.07) is 0. The largest absolute Gasteiger partial charge is 0.481 e. The fourth-order valence-electron chi connectivity index (χ4n) is 3.45. The van der Waals surface area contributed by atoms with Crippen molar-refractivity contribution in [2.24, 2.45) is 5.41 Å². The van der Waals surface area contributed by atoms with Gasteiger partial charge in [-0.05, 0) is 58.0 Å². The van der Waals surface area contributed by atoms with Gasteiger partial charge in [0.15, 0.2) is 0 Å². The smallest absolute Gasteiger partial charge is 0.334 e. The second-order valence-electron chi connectivity index (χ2n) is 6.86. The molecule has 0 saturated heterocycles. The predicted octanol–water partition coefficient (Wildman–Crippen LogP) is -0.398. The molecule has 0 aromatic carbocycles. The van der Waals surface area contributed by atoms with Gasteiger partial charge in [-0.15, -0.1) is 0 Å². The lowest BCUT2D eigenvalue weighted by Crippen LogP contribution is -2.58. The number of nitrogens with zero attached hydrogens (tertiary/aromatic N) is 1. The quantitative estimate of drug-likeness (QED) is 0.113. The van der Waals surface area contributed by atoms with Crippen LogP contribution in [0.25, 0.3) is 0 Å². The molecule has 0 heterocycles. The van der Waals surface area contributed by atoms with Gasteiger partial charge in [0.2, 0.25) is 0 Å². The summed E-state index contributed by atoms with van der Waals surface area (Å²) in [7, 11) is 1.24. The molecule has 0 radical (unpaired) electrons. The van der Waals surface area contributed by atoms with Crippen molar-refractivity contribution in [2.45, 2.75) is 28.5 Å². The summed E-state index contributed by atoms with van der Waals surface area (Å²) in [5.41, 5.74) is -2.76. The molecule has 1 aliphatic rings. The van der Waals surface area contributed by atoms with E-state index in [1.165, 1.54) is 7.05 Å². The Hall–Kier alpha value is -0.120. The summed E-state index contributed by atoms with van der Waals surface area (Å²) in [4.78, 5) is 38.2. The average molecular weight is 781 g/mol. The van der Waals surface area contributed by atoms with Crippen LogP contribution in [0.3, 0.4) is 0 Å². The van der Waals surface area contributed by atoms with E-state index in [0.29, 0.717) is 0 Å². The van der Waals surface area contributed by atoms with E-state index in [0.717, 1.165) is 4.90 Å². The first-order valence-electron chi connectivity index (χ1n) is 8.68. The highest BCUT2D eigenvalue weighted by Crippen LogP contribution is 2.62. The number of hydrogen-bond acceptors (Lipinski definition) is 8. The van der Waals surface area contributed by atoms with Crippen molar-refractivity contribution in [2.75, 3.05) is 26.9 Å². The van der Waals surface area contributed by atoms with Gasteiger partial charge in [-0.3, -0.25) is 9.59 Å². The third kappa shape index (κ3) is 5.19. The Balaban J connectivity index is 4.16. The highest BCUT2D eigenvalue weighted by atomic mass is 127. The van der Waals surface area contributed by atoms with Crippen molar-refractivity contribution in [1.29, 1.82) is 0 Å². The average Bonchev–Trinajstić information content (AvgIpc) is 2.69. The molecule has 14 heteroatoms. The number of aliphatic hydroxyl groups is 5. The molecule has 1 rings (SSSR count). The summed E-state index contributed by atoms with van der Waals surface area (Å²) in [5.74, 6) is -3.92. The van der Waals surface area contributed by atoms with Crippen LogP contribution in [0.2, 0.25) is 0 Å². The zero-order chi connectivity index (χ0) is 24.3. The summed E-state index contributed by atoms with van der Waals surface area (Å²) >= 11 is 4.89. The SMILES string of the molecule is CN(C(=O)CO)C1=C(I)C(CC(O)CO)(C(=O)O)C(I)(CC(O)CO)C(C(=O)O)=C1I. The number of carbonyl (C=O) groups is 3. The maximum atomic E-state index is 12.8. The Morgan fingerprint density at radius 2 is 1.48 bits per heavy atom. The molecule has 7 N–H and O–H groups in total. The van der Waals surface area contributed by atoms with Crippen LogP contribution < -0.4 is 0 Å². The number of aliphatic carboxylic acids is 2. The van der Waals surface area contributed by atoms with Crippen LogP contribution in [0.1, 0.15) is 12.8 Å². The molecule has 1 amide bonds. The molecule has 0 aromatic rings. The van der Waals surface area contributed by atoms with Gasteiger partial charge in [-0.1, -0.05) is 22.6 Å². The van der Waals surface area contributed by atoms with Gasteiger partial charge in [0.1, 0.15) is 12.0 Å². The number of allylic oxidation sites excluding steroid dienone is 1. The fourth-order valence-corrected chi connectivity index (χ4v) is 9.60. The molecule has 4 unspecified atom stereocenters. The standard InChI is InChI=1S/C17H22I3NO10/c1-21(9(27)6-24)12-11(18)10(14(28)29)17(20,3-8(26)5-23)16(13(12)19,15(30)31)2-7(25)4-22/h7-8,22-26H,2-6H2,1H3,(H,28,29)(H,30,31). The highest BCUT2D eigenvalue weighted by Gasteiger charge is 2.65. The summed E-state index contributed by atoms with van der Waals surface area (Å²) in [5, 5.41) is 68.8. The van der Waals surface area contributed by atoms with Crippen LogP contribution in [0.5, 0.6) is 0 Å². The van der Waals surface area contributed by atoms with E-state index in [1.54, 1.807) is 67.8 Å². The van der Waals surface area contributed by atoms with Gasteiger partial charge in [0.25, 0.3) is 5.91 Å². The molecule has 0 bridgehead atoms. The first kappa shape index (κ1) is 28.9. The fraction of sp³-hybridized carbons (Fsp3) is 0.588. The molecule has 11 nitrogen and oxygen atoms in total. The van der Waals surface area contributed by atoms with Crippen molar-refractivity contribution in [3.05, 3.63) is 18.4 Å². The maximum Gasteiger partial charge on any atom is 0.334 e. The molecule has 0 saturated carbocycles. The molecule has 0 aromatic heterocycles. The number of carboxylic acid groups (broad SMARTS) is 2. The normalized spacial score (nSPS) is 26.0. The molecule has 1 aliphatic carbocycles. The molecular formula is C17H22I3NO10. The van der Waals surface area contributed by atoms with Crippen molar-refractivity contribution >= 4 is 85.6 Å². The number of alkyl halides is 1. The van der Waals surface area contributed by atoms with Gasteiger partial charge < -0.3 is 40.6 Å². The molecule has 0 aliphatic heterocycles. The first-order valence-corrected chi connectivity index (χ1v) is 11.9. The number of hydrogen-bond donors (Lipinski definition) is 7. The Morgan fingerprint density at radius 1 is 1.00 bits per heavy atom. The Kier molecular flexibility index (Phi) is 10.6. The number of carboxylic acids is 2. The second-order valence-corrected chi connectivity index (χ2v) is 10.9. The second kappa shape index (κ2) is 11.3. The molecular weight excluding hydrogens is 759 g/mol. The lowest BCUT2D eigenvalue weighted by atomic mass is 9.63. The van der Waals surface area contributed by atoms with Gasteiger partial charge in [-0.25, -0.2) is 4.79 Å². The summed E-state index contributed by atoms with van der Waals surface area (Å²) in [6.07, 6.45) is -4.24. The Morgan fingerprint density at radius 3 is 1.87 bits per heavy atom. The van der Waals surface area contributed by atoms with Crippen molar-refractivity contribution in [3.8, 4) is 0 Å². The zero-order valence-electron chi connectivity index (χ0n) is 16.1. The van der Waals surface area contributed by atoms with E-state index in [2.05, 4.69) is 0 Å². The zero-order valence-corrected chi connectivity index (χ0v) is 22.6. The number of aliphatic hydroxyl groups excluding tert-OH is 5. The lowest BCUT2D eigenvalue weighted by Gasteiger charge is -2.50. The first-order chi connectivity index (χ1) is 14.3. The van der Waals surface area contributed by atoms with Gasteiger partial charge in [-0.2, -0.15) is 0 Å². The minimum atomic E-state index is -2.21.